The van der Waals surface area contributed by atoms with Crippen LogP contribution in [0.4, 0.5) is 4.39 Å². The molecule has 1 aliphatic heterocycles. The van der Waals surface area contributed by atoms with Gasteiger partial charge in [0.1, 0.15) is 5.82 Å². The van der Waals surface area contributed by atoms with Gasteiger partial charge in [0.2, 0.25) is 0 Å². The summed E-state index contributed by atoms with van der Waals surface area (Å²) < 4.78 is 13.4. The molecule has 1 aromatic rings. The number of halogens is 1. The highest BCUT2D eigenvalue weighted by molar-refractivity contribution is 5.17. The Balaban J connectivity index is 1.95. The molecule has 0 unspecified atom stereocenters. The zero-order chi connectivity index (χ0) is 10.7. The molecule has 1 heterocycles. The summed E-state index contributed by atoms with van der Waals surface area (Å²) in [6.45, 7) is 4.21. The third kappa shape index (κ3) is 2.75. The van der Waals surface area contributed by atoms with E-state index < -0.39 is 0 Å². The second kappa shape index (κ2) is 4.70. The first-order valence-corrected chi connectivity index (χ1v) is 5.21. The van der Waals surface area contributed by atoms with Gasteiger partial charge in [0.05, 0.1) is 0 Å². The molecule has 15 heavy (non-hydrogen) atoms. The lowest BCUT2D eigenvalue weighted by molar-refractivity contribution is 0.127. The third-order valence-corrected chi connectivity index (χ3v) is 2.76. The summed E-state index contributed by atoms with van der Waals surface area (Å²) >= 11 is 0. The normalized spacial score (nSPS) is 19.3. The van der Waals surface area contributed by atoms with Crippen molar-refractivity contribution in [2.24, 2.45) is 5.84 Å². The van der Waals surface area contributed by atoms with Crippen LogP contribution in [0.5, 0.6) is 0 Å². The molecule has 0 aliphatic carbocycles. The van der Waals surface area contributed by atoms with E-state index in [2.05, 4.69) is 4.90 Å². The van der Waals surface area contributed by atoms with Crippen molar-refractivity contribution in [1.82, 2.24) is 9.91 Å². The van der Waals surface area contributed by atoms with Gasteiger partial charge in [-0.25, -0.2) is 9.40 Å². The minimum absolute atomic E-state index is 0.118. The minimum Gasteiger partial charge on any atom is -0.296 e. The van der Waals surface area contributed by atoms with E-state index in [-0.39, 0.29) is 5.82 Å². The maximum absolute atomic E-state index is 13.4. The van der Waals surface area contributed by atoms with E-state index in [4.69, 9.17) is 5.84 Å². The summed E-state index contributed by atoms with van der Waals surface area (Å²) in [6.07, 6.45) is 0. The Labute approximate surface area is 89.2 Å². The van der Waals surface area contributed by atoms with E-state index >= 15 is 0 Å². The van der Waals surface area contributed by atoms with Crippen LogP contribution in [0.1, 0.15) is 5.56 Å². The topological polar surface area (TPSA) is 32.5 Å². The van der Waals surface area contributed by atoms with Crippen LogP contribution >= 0.6 is 0 Å². The number of benzene rings is 1. The number of hydrazine groups is 1. The first-order valence-electron chi connectivity index (χ1n) is 5.21. The zero-order valence-electron chi connectivity index (χ0n) is 8.69. The molecule has 4 heteroatoms. The van der Waals surface area contributed by atoms with Gasteiger partial charge in [0.25, 0.3) is 0 Å². The Kier molecular flexibility index (Phi) is 3.30. The standard InChI is InChI=1S/C11H16FN3/c12-11-4-2-1-3-10(11)9-14-5-7-15(13)8-6-14/h1-4H,5-9,13H2. The summed E-state index contributed by atoms with van der Waals surface area (Å²) in [4.78, 5) is 2.22. The smallest absolute Gasteiger partial charge is 0.127 e. The lowest BCUT2D eigenvalue weighted by Gasteiger charge is -2.31. The van der Waals surface area contributed by atoms with E-state index in [1.54, 1.807) is 11.1 Å². The number of rotatable bonds is 2. The lowest BCUT2D eigenvalue weighted by atomic mass is 10.2. The average Bonchev–Trinajstić information content (AvgIpc) is 2.25. The second-order valence-corrected chi connectivity index (χ2v) is 3.90. The number of hydrogen-bond donors (Lipinski definition) is 1. The van der Waals surface area contributed by atoms with Crippen molar-refractivity contribution in [1.29, 1.82) is 0 Å². The largest absolute Gasteiger partial charge is 0.296 e. The van der Waals surface area contributed by atoms with Gasteiger partial charge in [-0.1, -0.05) is 18.2 Å². The van der Waals surface area contributed by atoms with Gasteiger partial charge in [0, 0.05) is 38.3 Å². The fourth-order valence-electron chi connectivity index (χ4n) is 1.79. The monoisotopic (exact) mass is 209 g/mol. The molecule has 0 atom stereocenters. The predicted octanol–water partition coefficient (Wildman–Crippen LogP) is 0.817. The van der Waals surface area contributed by atoms with Crippen molar-refractivity contribution >= 4 is 0 Å². The quantitative estimate of drug-likeness (QED) is 0.732. The van der Waals surface area contributed by atoms with Crippen molar-refractivity contribution in [3.05, 3.63) is 35.6 Å². The number of piperazine rings is 1. The van der Waals surface area contributed by atoms with Gasteiger partial charge in [-0.3, -0.25) is 10.7 Å². The Morgan fingerprint density at radius 3 is 2.47 bits per heavy atom. The Morgan fingerprint density at radius 2 is 1.80 bits per heavy atom. The fraction of sp³-hybridized carbons (Fsp3) is 0.455. The molecule has 1 aliphatic rings. The van der Waals surface area contributed by atoms with Gasteiger partial charge in [0.15, 0.2) is 0 Å². The maximum Gasteiger partial charge on any atom is 0.127 e. The summed E-state index contributed by atoms with van der Waals surface area (Å²) in [5.74, 6) is 5.53. The van der Waals surface area contributed by atoms with E-state index in [9.17, 15) is 4.39 Å². The van der Waals surface area contributed by atoms with E-state index in [0.717, 1.165) is 31.7 Å². The summed E-state index contributed by atoms with van der Waals surface area (Å²) in [6, 6.07) is 6.94. The Hall–Kier alpha value is -0.970. The molecule has 0 spiro atoms. The summed E-state index contributed by atoms with van der Waals surface area (Å²) in [7, 11) is 0. The molecule has 1 saturated heterocycles. The molecule has 0 amide bonds. The molecule has 3 nitrogen and oxygen atoms in total. The molecule has 0 aromatic heterocycles. The molecule has 0 bridgehead atoms. The minimum atomic E-state index is -0.118. The van der Waals surface area contributed by atoms with Gasteiger partial charge in [-0.15, -0.1) is 0 Å². The van der Waals surface area contributed by atoms with Crippen LogP contribution in [0.3, 0.4) is 0 Å². The van der Waals surface area contributed by atoms with Crippen LogP contribution < -0.4 is 5.84 Å². The first-order chi connectivity index (χ1) is 7.25. The van der Waals surface area contributed by atoms with Crippen LogP contribution in [-0.4, -0.2) is 36.1 Å². The van der Waals surface area contributed by atoms with Crippen LogP contribution in [0.15, 0.2) is 24.3 Å². The van der Waals surface area contributed by atoms with Crippen molar-refractivity contribution in [2.75, 3.05) is 26.2 Å². The maximum atomic E-state index is 13.4. The first kappa shape index (κ1) is 10.5. The zero-order valence-corrected chi connectivity index (χ0v) is 8.69. The Morgan fingerprint density at radius 1 is 1.13 bits per heavy atom. The SMILES string of the molecule is NN1CCN(Cc2ccccc2F)CC1. The van der Waals surface area contributed by atoms with Gasteiger partial charge in [-0.05, 0) is 6.07 Å². The number of nitrogens with two attached hydrogens (primary N) is 1. The highest BCUT2D eigenvalue weighted by Crippen LogP contribution is 2.10. The van der Waals surface area contributed by atoms with E-state index in [0.29, 0.717) is 6.54 Å². The molecule has 82 valence electrons. The third-order valence-electron chi connectivity index (χ3n) is 2.76. The van der Waals surface area contributed by atoms with Gasteiger partial charge < -0.3 is 0 Å². The van der Waals surface area contributed by atoms with E-state index in [1.165, 1.54) is 6.07 Å². The molecule has 1 fully saturated rings. The fourth-order valence-corrected chi connectivity index (χ4v) is 1.79. The highest BCUT2D eigenvalue weighted by Gasteiger charge is 2.15. The molecule has 2 rings (SSSR count). The van der Waals surface area contributed by atoms with Crippen LogP contribution in [0, 0.1) is 5.82 Å². The highest BCUT2D eigenvalue weighted by atomic mass is 19.1. The van der Waals surface area contributed by atoms with Gasteiger partial charge >= 0.3 is 0 Å². The van der Waals surface area contributed by atoms with Crippen LogP contribution in [0.25, 0.3) is 0 Å². The van der Waals surface area contributed by atoms with Crippen molar-refractivity contribution < 1.29 is 4.39 Å². The number of hydrogen-bond acceptors (Lipinski definition) is 3. The second-order valence-electron chi connectivity index (χ2n) is 3.90. The van der Waals surface area contributed by atoms with Gasteiger partial charge in [-0.2, -0.15) is 0 Å². The average molecular weight is 209 g/mol. The molecule has 1 aromatic carbocycles. The lowest BCUT2D eigenvalue weighted by Crippen LogP contribution is -2.48. The summed E-state index contributed by atoms with van der Waals surface area (Å²) in [5.41, 5.74) is 0.767. The molecule has 0 saturated carbocycles. The molecule has 0 radical (unpaired) electrons. The molecular formula is C11H16FN3. The predicted molar refractivity (Wildman–Crippen MR) is 57.4 cm³/mol. The number of nitrogens with zero attached hydrogens (tertiary/aromatic N) is 2. The molecule has 2 N–H and O–H groups in total. The summed E-state index contributed by atoms with van der Waals surface area (Å²) in [5, 5.41) is 1.80. The Bertz CT molecular complexity index is 321. The van der Waals surface area contributed by atoms with Crippen molar-refractivity contribution in [2.45, 2.75) is 6.54 Å². The van der Waals surface area contributed by atoms with E-state index in [1.807, 2.05) is 12.1 Å². The van der Waals surface area contributed by atoms with Crippen molar-refractivity contribution in [3.8, 4) is 0 Å². The van der Waals surface area contributed by atoms with Crippen molar-refractivity contribution in [3.63, 3.8) is 0 Å². The molecular weight excluding hydrogens is 193 g/mol. The van der Waals surface area contributed by atoms with Crippen LogP contribution in [-0.2, 0) is 6.54 Å². The van der Waals surface area contributed by atoms with Crippen LogP contribution in [0.2, 0.25) is 0 Å².